The lowest BCUT2D eigenvalue weighted by Crippen LogP contribution is -2.41. The van der Waals surface area contributed by atoms with Gasteiger partial charge in [-0.2, -0.15) is 0 Å². The van der Waals surface area contributed by atoms with Crippen LogP contribution < -0.4 is 5.32 Å². The van der Waals surface area contributed by atoms with Crippen LogP contribution in [0.4, 0.5) is 0 Å². The van der Waals surface area contributed by atoms with Gasteiger partial charge in [-0.25, -0.2) is 0 Å². The van der Waals surface area contributed by atoms with Gasteiger partial charge in [-0.15, -0.1) is 0 Å². The molecule has 2 aliphatic rings. The lowest BCUT2D eigenvalue weighted by molar-refractivity contribution is -0.130. The van der Waals surface area contributed by atoms with E-state index in [-0.39, 0.29) is 12.2 Å². The molecule has 4 nitrogen and oxygen atoms in total. The van der Waals surface area contributed by atoms with Gasteiger partial charge < -0.3 is 4.90 Å². The molecule has 1 heterocycles. The molecule has 1 N–H and O–H groups in total. The first-order valence-electron chi connectivity index (χ1n) is 7.48. The summed E-state index contributed by atoms with van der Waals surface area (Å²) in [4.78, 5) is 16.8. The highest BCUT2D eigenvalue weighted by molar-refractivity contribution is 5.84. The van der Waals surface area contributed by atoms with Crippen molar-refractivity contribution >= 4 is 5.91 Å². The predicted molar refractivity (Wildman–Crippen MR) is 73.3 cm³/mol. The van der Waals surface area contributed by atoms with Gasteiger partial charge in [-0.05, 0) is 32.7 Å². The molecule has 0 radical (unpaired) electrons. The highest BCUT2D eigenvalue weighted by Gasteiger charge is 2.36. The van der Waals surface area contributed by atoms with Crippen LogP contribution in [0.5, 0.6) is 0 Å². The Hall–Kier alpha value is -0.610. The second-order valence-corrected chi connectivity index (χ2v) is 5.58. The normalized spacial score (nSPS) is 28.4. The third-order valence-electron chi connectivity index (χ3n) is 4.17. The Kier molecular flexibility index (Phi) is 4.62. The van der Waals surface area contributed by atoms with E-state index >= 15 is 0 Å². The molecule has 1 aliphatic heterocycles. The maximum atomic E-state index is 12.2. The summed E-state index contributed by atoms with van der Waals surface area (Å²) in [6.07, 6.45) is 4.90. The summed E-state index contributed by atoms with van der Waals surface area (Å²) >= 11 is 0. The molecule has 1 aliphatic carbocycles. The minimum Gasteiger partial charge on any atom is -0.325 e. The van der Waals surface area contributed by atoms with Crippen LogP contribution in [0.3, 0.4) is 0 Å². The number of rotatable bonds is 7. The smallest absolute Gasteiger partial charge is 0.241 e. The van der Waals surface area contributed by atoms with E-state index in [1.165, 1.54) is 12.8 Å². The number of likely N-dealkylation sites (N-methyl/N-ethyl adjacent to an activating group) is 1. The van der Waals surface area contributed by atoms with Crippen LogP contribution in [0.1, 0.15) is 46.5 Å². The highest BCUT2D eigenvalue weighted by Crippen LogP contribution is 2.26. The lowest BCUT2D eigenvalue weighted by Gasteiger charge is -2.26. The van der Waals surface area contributed by atoms with Gasteiger partial charge in [0.25, 0.3) is 0 Å². The van der Waals surface area contributed by atoms with Gasteiger partial charge in [0.05, 0.1) is 12.2 Å². The second kappa shape index (κ2) is 6.02. The van der Waals surface area contributed by atoms with Crippen molar-refractivity contribution < 1.29 is 4.79 Å². The van der Waals surface area contributed by atoms with Gasteiger partial charge >= 0.3 is 0 Å². The minimum atomic E-state index is 0.0565. The van der Waals surface area contributed by atoms with Gasteiger partial charge in [0.2, 0.25) is 5.91 Å². The van der Waals surface area contributed by atoms with Crippen LogP contribution in [0.25, 0.3) is 0 Å². The van der Waals surface area contributed by atoms with Crippen molar-refractivity contribution in [1.82, 2.24) is 15.1 Å². The molecule has 104 valence electrons. The average Bonchev–Trinajstić information content (AvgIpc) is 3.13. The molecule has 2 unspecified atom stereocenters. The van der Waals surface area contributed by atoms with Crippen molar-refractivity contribution in [2.75, 3.05) is 19.6 Å². The molecular weight excluding hydrogens is 226 g/mol. The number of hydrogen-bond acceptors (Lipinski definition) is 3. The summed E-state index contributed by atoms with van der Waals surface area (Å²) in [5.41, 5.74) is 0. The number of nitrogens with one attached hydrogen (secondary N) is 1. The summed E-state index contributed by atoms with van der Waals surface area (Å²) in [5, 5.41) is 3.40. The zero-order valence-corrected chi connectivity index (χ0v) is 12.0. The number of carbonyl (C=O) groups is 1. The number of nitrogens with zero attached hydrogens (tertiary/aromatic N) is 2. The standard InChI is InChI=1S/C14H27N3O/c1-4-6-13-14(18)17(11(3)15-13)10-9-16(5-2)12-7-8-12/h11-13,15H,4-10H2,1-3H3. The molecule has 18 heavy (non-hydrogen) atoms. The Morgan fingerprint density at radius 3 is 2.67 bits per heavy atom. The second-order valence-electron chi connectivity index (χ2n) is 5.58. The first-order valence-corrected chi connectivity index (χ1v) is 7.48. The molecule has 1 amide bonds. The Morgan fingerprint density at radius 1 is 1.39 bits per heavy atom. The van der Waals surface area contributed by atoms with Crippen molar-refractivity contribution in [3.05, 3.63) is 0 Å². The van der Waals surface area contributed by atoms with E-state index < -0.39 is 0 Å². The van der Waals surface area contributed by atoms with Crippen molar-refractivity contribution in [2.24, 2.45) is 0 Å². The summed E-state index contributed by atoms with van der Waals surface area (Å²) in [7, 11) is 0. The molecule has 1 saturated heterocycles. The van der Waals surface area contributed by atoms with Gasteiger partial charge in [0.15, 0.2) is 0 Å². The molecule has 0 aromatic carbocycles. The fourth-order valence-electron chi connectivity index (χ4n) is 2.92. The SMILES string of the molecule is CCCC1NC(C)N(CCN(CC)C2CC2)C1=O. The number of hydrogen-bond donors (Lipinski definition) is 1. The average molecular weight is 253 g/mol. The zero-order chi connectivity index (χ0) is 13.1. The summed E-state index contributed by atoms with van der Waals surface area (Å²) in [5.74, 6) is 0.302. The van der Waals surface area contributed by atoms with E-state index in [9.17, 15) is 4.79 Å². The summed E-state index contributed by atoms with van der Waals surface area (Å²) < 4.78 is 0. The monoisotopic (exact) mass is 253 g/mol. The van der Waals surface area contributed by atoms with Crippen molar-refractivity contribution in [3.8, 4) is 0 Å². The Labute approximate surface area is 111 Å². The summed E-state index contributed by atoms with van der Waals surface area (Å²) in [6.45, 7) is 9.45. The molecular formula is C14H27N3O. The van der Waals surface area contributed by atoms with Gasteiger partial charge in [0, 0.05) is 19.1 Å². The molecule has 0 spiro atoms. The molecule has 0 aromatic rings. The van der Waals surface area contributed by atoms with Crippen molar-refractivity contribution in [3.63, 3.8) is 0 Å². The van der Waals surface area contributed by atoms with Gasteiger partial charge in [-0.3, -0.25) is 15.0 Å². The Morgan fingerprint density at radius 2 is 2.11 bits per heavy atom. The Bertz CT molecular complexity index is 291. The van der Waals surface area contributed by atoms with Crippen LogP contribution in [0.15, 0.2) is 0 Å². The molecule has 4 heteroatoms. The van der Waals surface area contributed by atoms with E-state index in [4.69, 9.17) is 0 Å². The minimum absolute atomic E-state index is 0.0565. The quantitative estimate of drug-likeness (QED) is 0.745. The molecule has 2 fully saturated rings. The fraction of sp³-hybridized carbons (Fsp3) is 0.929. The predicted octanol–water partition coefficient (Wildman–Crippen LogP) is 1.42. The van der Waals surface area contributed by atoms with E-state index in [0.717, 1.165) is 38.5 Å². The third-order valence-corrected chi connectivity index (χ3v) is 4.17. The van der Waals surface area contributed by atoms with Crippen LogP contribution >= 0.6 is 0 Å². The van der Waals surface area contributed by atoms with Crippen molar-refractivity contribution in [2.45, 2.75) is 64.7 Å². The van der Waals surface area contributed by atoms with E-state index in [1.54, 1.807) is 0 Å². The Balaban J connectivity index is 1.82. The van der Waals surface area contributed by atoms with Crippen LogP contribution in [-0.2, 0) is 4.79 Å². The van der Waals surface area contributed by atoms with Crippen molar-refractivity contribution in [1.29, 1.82) is 0 Å². The van der Waals surface area contributed by atoms with Crippen LogP contribution in [-0.4, -0.2) is 53.6 Å². The number of carbonyl (C=O) groups excluding carboxylic acids is 1. The zero-order valence-electron chi connectivity index (χ0n) is 12.0. The van der Waals surface area contributed by atoms with E-state index in [2.05, 4.69) is 31.0 Å². The maximum Gasteiger partial charge on any atom is 0.241 e. The summed E-state index contributed by atoms with van der Waals surface area (Å²) in [6, 6.07) is 0.850. The van der Waals surface area contributed by atoms with E-state index in [0.29, 0.717) is 5.91 Å². The lowest BCUT2D eigenvalue weighted by atomic mass is 10.2. The van der Waals surface area contributed by atoms with Gasteiger partial charge in [0.1, 0.15) is 0 Å². The molecule has 2 atom stereocenters. The van der Waals surface area contributed by atoms with Crippen LogP contribution in [0, 0.1) is 0 Å². The molecule has 2 rings (SSSR count). The van der Waals surface area contributed by atoms with Crippen LogP contribution in [0.2, 0.25) is 0 Å². The van der Waals surface area contributed by atoms with Gasteiger partial charge in [-0.1, -0.05) is 20.3 Å². The first-order chi connectivity index (χ1) is 8.67. The first kappa shape index (κ1) is 13.8. The third kappa shape index (κ3) is 3.04. The fourth-order valence-corrected chi connectivity index (χ4v) is 2.92. The molecule has 0 aromatic heterocycles. The largest absolute Gasteiger partial charge is 0.325 e. The molecule has 0 bridgehead atoms. The number of amides is 1. The molecule has 1 saturated carbocycles. The topological polar surface area (TPSA) is 35.6 Å². The maximum absolute atomic E-state index is 12.2. The van der Waals surface area contributed by atoms with E-state index in [1.807, 2.05) is 4.90 Å². The highest BCUT2D eigenvalue weighted by atomic mass is 16.2.